The molecule has 3 aromatic rings. The maximum Gasteiger partial charge on any atom is 0.264 e. The molecule has 0 bridgehead atoms. The fraction of sp³-hybridized carbons (Fsp3) is 0.394. The van der Waals surface area contributed by atoms with Gasteiger partial charge in [-0.05, 0) is 81.5 Å². The Morgan fingerprint density at radius 1 is 0.829 bits per heavy atom. The minimum atomic E-state index is -4.10. The normalized spacial score (nSPS) is 12.0. The first kappa shape index (κ1) is 31.9. The van der Waals surface area contributed by atoms with Gasteiger partial charge in [-0.2, -0.15) is 0 Å². The number of benzene rings is 3. The summed E-state index contributed by atoms with van der Waals surface area (Å²) in [5, 5.41) is 2.96. The Hall–Kier alpha value is -3.65. The van der Waals surface area contributed by atoms with Gasteiger partial charge in [0.15, 0.2) is 0 Å². The van der Waals surface area contributed by atoms with Gasteiger partial charge in [-0.3, -0.25) is 13.9 Å². The zero-order valence-electron chi connectivity index (χ0n) is 25.1. The van der Waals surface area contributed by atoms with E-state index < -0.39 is 28.5 Å². The van der Waals surface area contributed by atoms with Crippen molar-refractivity contribution in [1.29, 1.82) is 0 Å². The molecule has 0 aliphatic rings. The molecule has 3 rings (SSSR count). The van der Waals surface area contributed by atoms with E-state index in [1.54, 1.807) is 36.4 Å². The molecular formula is C33H43N3O4S. The number of rotatable bonds is 13. The van der Waals surface area contributed by atoms with Gasteiger partial charge in [0, 0.05) is 13.1 Å². The summed E-state index contributed by atoms with van der Waals surface area (Å²) in [4.78, 5) is 29.1. The van der Waals surface area contributed by atoms with Gasteiger partial charge in [0.2, 0.25) is 11.8 Å². The molecule has 0 unspecified atom stereocenters. The zero-order chi connectivity index (χ0) is 30.2. The van der Waals surface area contributed by atoms with Crippen LogP contribution in [0.2, 0.25) is 0 Å². The molecule has 7 nitrogen and oxygen atoms in total. The highest BCUT2D eigenvalue weighted by Gasteiger charge is 2.33. The average molecular weight is 578 g/mol. The lowest BCUT2D eigenvalue weighted by Gasteiger charge is -2.33. The Morgan fingerprint density at radius 2 is 1.49 bits per heavy atom. The number of unbranched alkanes of at least 4 members (excludes halogenated alkanes) is 1. The number of aryl methyl sites for hydroxylation is 4. The predicted molar refractivity (Wildman–Crippen MR) is 165 cm³/mol. The molecule has 0 aromatic heterocycles. The van der Waals surface area contributed by atoms with Crippen LogP contribution in [0.1, 0.15) is 60.9 Å². The highest BCUT2D eigenvalue weighted by atomic mass is 32.2. The zero-order valence-corrected chi connectivity index (χ0v) is 25.9. The number of sulfonamides is 1. The molecule has 2 amide bonds. The van der Waals surface area contributed by atoms with E-state index in [0.717, 1.165) is 40.7 Å². The Morgan fingerprint density at radius 3 is 2.07 bits per heavy atom. The highest BCUT2D eigenvalue weighted by molar-refractivity contribution is 7.92. The minimum Gasteiger partial charge on any atom is -0.354 e. The third-order valence-corrected chi connectivity index (χ3v) is 8.82. The van der Waals surface area contributed by atoms with Crippen LogP contribution in [0, 0.1) is 27.7 Å². The number of carbonyl (C=O) groups excluding carboxylic acids is 2. The third-order valence-electron chi connectivity index (χ3n) is 7.03. The van der Waals surface area contributed by atoms with E-state index in [1.807, 2.05) is 71.9 Å². The Balaban J connectivity index is 2.07. The second-order valence-electron chi connectivity index (χ2n) is 10.7. The van der Waals surface area contributed by atoms with E-state index in [2.05, 4.69) is 5.32 Å². The number of nitrogens with one attached hydrogen (secondary N) is 1. The Bertz CT molecular complexity index is 1430. The number of anilines is 1. The second kappa shape index (κ2) is 14.3. The smallest absolute Gasteiger partial charge is 0.264 e. The van der Waals surface area contributed by atoms with Gasteiger partial charge >= 0.3 is 0 Å². The number of hydrogen-bond donors (Lipinski definition) is 1. The first-order valence-corrected chi connectivity index (χ1v) is 15.7. The molecule has 220 valence electrons. The lowest BCUT2D eigenvalue weighted by Crippen LogP contribution is -2.52. The molecule has 0 saturated carbocycles. The summed E-state index contributed by atoms with van der Waals surface area (Å²) < 4.78 is 29.3. The van der Waals surface area contributed by atoms with Crippen molar-refractivity contribution < 1.29 is 18.0 Å². The summed E-state index contributed by atoms with van der Waals surface area (Å²) in [6.07, 6.45) is 2.16. The molecular weight excluding hydrogens is 534 g/mol. The lowest BCUT2D eigenvalue weighted by atomic mass is 10.1. The molecule has 0 heterocycles. The third kappa shape index (κ3) is 8.43. The predicted octanol–water partition coefficient (Wildman–Crippen LogP) is 5.84. The van der Waals surface area contributed by atoms with Crippen molar-refractivity contribution in [2.24, 2.45) is 0 Å². The summed E-state index contributed by atoms with van der Waals surface area (Å²) in [5.74, 6) is -0.680. The van der Waals surface area contributed by atoms with Crippen LogP contribution in [0.4, 0.5) is 5.69 Å². The first-order valence-electron chi connectivity index (χ1n) is 14.3. The topological polar surface area (TPSA) is 86.8 Å². The summed E-state index contributed by atoms with van der Waals surface area (Å²) >= 11 is 0. The second-order valence-corrected chi connectivity index (χ2v) is 12.6. The van der Waals surface area contributed by atoms with Gasteiger partial charge < -0.3 is 10.2 Å². The van der Waals surface area contributed by atoms with Gasteiger partial charge in [0.05, 0.1) is 10.6 Å². The molecule has 8 heteroatoms. The van der Waals surface area contributed by atoms with E-state index in [0.29, 0.717) is 18.7 Å². The molecule has 0 fully saturated rings. The number of hydrogen-bond acceptors (Lipinski definition) is 4. The molecule has 0 aliphatic heterocycles. The molecule has 41 heavy (non-hydrogen) atoms. The number of amides is 2. The maximum atomic E-state index is 14.2. The van der Waals surface area contributed by atoms with Gasteiger partial charge in [-0.1, -0.05) is 73.9 Å². The number of nitrogens with zero attached hydrogens (tertiary/aromatic N) is 2. The van der Waals surface area contributed by atoms with Crippen LogP contribution >= 0.6 is 0 Å². The fourth-order valence-corrected chi connectivity index (χ4v) is 6.29. The van der Waals surface area contributed by atoms with E-state index in [-0.39, 0.29) is 17.3 Å². The van der Waals surface area contributed by atoms with Crippen molar-refractivity contribution in [3.8, 4) is 0 Å². The van der Waals surface area contributed by atoms with Gasteiger partial charge in [0.25, 0.3) is 10.0 Å². The van der Waals surface area contributed by atoms with E-state index in [4.69, 9.17) is 0 Å². The monoisotopic (exact) mass is 577 g/mol. The van der Waals surface area contributed by atoms with Crippen LogP contribution in [-0.4, -0.2) is 44.3 Å². The van der Waals surface area contributed by atoms with Crippen molar-refractivity contribution in [2.45, 2.75) is 78.3 Å². The van der Waals surface area contributed by atoms with E-state index in [9.17, 15) is 18.0 Å². The van der Waals surface area contributed by atoms with Crippen LogP contribution in [0.15, 0.2) is 71.6 Å². The Kier molecular flexibility index (Phi) is 11.1. The van der Waals surface area contributed by atoms with Gasteiger partial charge in [-0.15, -0.1) is 0 Å². The first-order chi connectivity index (χ1) is 19.5. The molecule has 1 N–H and O–H groups in total. The van der Waals surface area contributed by atoms with Gasteiger partial charge in [0.1, 0.15) is 12.6 Å². The standard InChI is InChI=1S/C33H43N3O4S/c1-7-9-17-34-33(38)31(8-2)35(22-28-12-10-11-25(4)19-28)32(37)23-36(29-20-26(5)18-27(6)21-29)41(39,40)30-15-13-24(3)14-16-30/h10-16,18-21,31H,7-9,17,22-23H2,1-6H3,(H,34,38)/t31-/m0/s1. The summed E-state index contributed by atoms with van der Waals surface area (Å²) in [6.45, 7) is 11.8. The van der Waals surface area contributed by atoms with Crippen molar-refractivity contribution >= 4 is 27.5 Å². The summed E-state index contributed by atoms with van der Waals surface area (Å²) in [6, 6.07) is 19.1. The molecule has 0 radical (unpaired) electrons. The van der Waals surface area contributed by atoms with E-state index in [1.165, 1.54) is 9.21 Å². The summed E-state index contributed by atoms with van der Waals surface area (Å²) in [5.41, 5.74) is 5.02. The average Bonchev–Trinajstić information content (AvgIpc) is 2.91. The molecule has 3 aromatic carbocycles. The van der Waals surface area contributed by atoms with E-state index >= 15 is 0 Å². The van der Waals surface area contributed by atoms with Crippen LogP contribution in [0.25, 0.3) is 0 Å². The number of carbonyl (C=O) groups is 2. The van der Waals surface area contributed by atoms with Crippen LogP contribution in [0.3, 0.4) is 0 Å². The minimum absolute atomic E-state index is 0.102. The van der Waals surface area contributed by atoms with Crippen molar-refractivity contribution in [1.82, 2.24) is 10.2 Å². The van der Waals surface area contributed by atoms with Crippen LogP contribution < -0.4 is 9.62 Å². The van der Waals surface area contributed by atoms with Crippen molar-refractivity contribution in [3.63, 3.8) is 0 Å². The van der Waals surface area contributed by atoms with Crippen LogP contribution in [0.5, 0.6) is 0 Å². The molecule has 0 spiro atoms. The fourth-order valence-electron chi connectivity index (χ4n) is 4.89. The quantitative estimate of drug-likeness (QED) is 0.259. The molecule has 1 atom stereocenters. The lowest BCUT2D eigenvalue weighted by molar-refractivity contribution is -0.140. The Labute approximate surface area is 245 Å². The van der Waals surface area contributed by atoms with Crippen LogP contribution in [-0.2, 0) is 26.2 Å². The summed E-state index contributed by atoms with van der Waals surface area (Å²) in [7, 11) is -4.10. The SMILES string of the molecule is CCCCNC(=O)[C@H](CC)N(Cc1cccc(C)c1)C(=O)CN(c1cc(C)cc(C)c1)S(=O)(=O)c1ccc(C)cc1. The maximum absolute atomic E-state index is 14.2. The largest absolute Gasteiger partial charge is 0.354 e. The molecule has 0 aliphatic carbocycles. The molecule has 0 saturated heterocycles. The highest BCUT2D eigenvalue weighted by Crippen LogP contribution is 2.27. The van der Waals surface area contributed by atoms with Crippen molar-refractivity contribution in [3.05, 3.63) is 94.5 Å². The van der Waals surface area contributed by atoms with Gasteiger partial charge in [-0.25, -0.2) is 8.42 Å². The van der Waals surface area contributed by atoms with Crippen molar-refractivity contribution in [2.75, 3.05) is 17.4 Å².